The fourth-order valence-corrected chi connectivity index (χ4v) is 3.34. The monoisotopic (exact) mass is 436 g/mol. The first-order chi connectivity index (χ1) is 15.6. The van der Waals surface area contributed by atoms with Gasteiger partial charge in [-0.25, -0.2) is 0 Å². The molecule has 3 aromatic rings. The summed E-state index contributed by atoms with van der Waals surface area (Å²) in [6.07, 6.45) is 1.51. The number of carbonyl (C=O) groups excluding carboxylic acids is 1. The number of aromatic nitrogens is 3. The molecule has 0 radical (unpaired) electrons. The predicted molar refractivity (Wildman–Crippen MR) is 116 cm³/mol. The number of hydrogen-bond acceptors (Lipinski definition) is 7. The van der Waals surface area contributed by atoms with Crippen LogP contribution in [0.3, 0.4) is 0 Å². The summed E-state index contributed by atoms with van der Waals surface area (Å²) in [4.78, 5) is 27.2. The standard InChI is InChI=1S/C23H24N4O5/c1-30-17-5-2-15(3-6-17)10-11-24-22(28)9-7-18-23(29)25-21(27-26-18)13-16-4-8-19-20(12-16)32-14-31-19/h2-6,8,12H,7,9-11,13-14H2,1H3,(H,24,28)(H,25,27,29). The number of nitrogens with one attached hydrogen (secondary N) is 2. The number of nitrogens with zero attached hydrogens (tertiary/aromatic N) is 2. The zero-order valence-corrected chi connectivity index (χ0v) is 17.7. The van der Waals surface area contributed by atoms with Crippen molar-refractivity contribution in [3.63, 3.8) is 0 Å². The van der Waals surface area contributed by atoms with E-state index in [0.29, 0.717) is 36.7 Å². The van der Waals surface area contributed by atoms with Crippen LogP contribution >= 0.6 is 0 Å². The Morgan fingerprint density at radius 2 is 1.84 bits per heavy atom. The van der Waals surface area contributed by atoms with E-state index in [1.165, 1.54) is 0 Å². The van der Waals surface area contributed by atoms with Crippen molar-refractivity contribution in [2.75, 3.05) is 20.4 Å². The maximum Gasteiger partial charge on any atom is 0.272 e. The molecule has 0 spiro atoms. The van der Waals surface area contributed by atoms with Gasteiger partial charge in [-0.1, -0.05) is 18.2 Å². The van der Waals surface area contributed by atoms with E-state index in [2.05, 4.69) is 20.5 Å². The first-order valence-corrected chi connectivity index (χ1v) is 10.3. The molecule has 166 valence electrons. The lowest BCUT2D eigenvalue weighted by molar-refractivity contribution is -0.121. The average molecular weight is 436 g/mol. The Labute approximate surface area is 184 Å². The van der Waals surface area contributed by atoms with E-state index in [4.69, 9.17) is 14.2 Å². The quantitative estimate of drug-likeness (QED) is 0.525. The maximum atomic E-state index is 12.3. The van der Waals surface area contributed by atoms with Crippen LogP contribution in [0.2, 0.25) is 0 Å². The van der Waals surface area contributed by atoms with Gasteiger partial charge >= 0.3 is 0 Å². The summed E-state index contributed by atoms with van der Waals surface area (Å²) < 4.78 is 15.8. The van der Waals surface area contributed by atoms with E-state index in [9.17, 15) is 9.59 Å². The highest BCUT2D eigenvalue weighted by atomic mass is 16.7. The van der Waals surface area contributed by atoms with Crippen LogP contribution in [0, 0.1) is 0 Å². The number of ether oxygens (including phenoxy) is 3. The third kappa shape index (κ3) is 5.42. The van der Waals surface area contributed by atoms with Crippen LogP contribution in [0.25, 0.3) is 0 Å². The first-order valence-electron chi connectivity index (χ1n) is 10.3. The van der Waals surface area contributed by atoms with E-state index >= 15 is 0 Å². The Bertz CT molecular complexity index is 1140. The molecule has 1 aromatic heterocycles. The fourth-order valence-electron chi connectivity index (χ4n) is 3.34. The van der Waals surface area contributed by atoms with Crippen molar-refractivity contribution < 1.29 is 19.0 Å². The molecule has 4 rings (SSSR count). The summed E-state index contributed by atoms with van der Waals surface area (Å²) in [6, 6.07) is 13.3. The zero-order valence-electron chi connectivity index (χ0n) is 17.7. The molecule has 0 saturated carbocycles. The Balaban J connectivity index is 1.24. The molecule has 0 unspecified atom stereocenters. The number of rotatable bonds is 9. The molecular weight excluding hydrogens is 412 g/mol. The predicted octanol–water partition coefficient (Wildman–Crippen LogP) is 1.78. The van der Waals surface area contributed by atoms with Gasteiger partial charge in [-0.2, -0.15) is 0 Å². The van der Waals surface area contributed by atoms with Gasteiger partial charge in [-0.3, -0.25) is 9.59 Å². The fraction of sp³-hybridized carbons (Fsp3) is 0.304. The van der Waals surface area contributed by atoms with Gasteiger partial charge < -0.3 is 24.5 Å². The minimum Gasteiger partial charge on any atom is -0.497 e. The third-order valence-electron chi connectivity index (χ3n) is 5.10. The minimum absolute atomic E-state index is 0.135. The zero-order chi connectivity index (χ0) is 22.3. The Morgan fingerprint density at radius 3 is 2.62 bits per heavy atom. The highest BCUT2D eigenvalue weighted by Gasteiger charge is 2.14. The van der Waals surface area contributed by atoms with Gasteiger partial charge in [0.15, 0.2) is 11.5 Å². The van der Waals surface area contributed by atoms with E-state index in [1.807, 2.05) is 42.5 Å². The number of aryl methyl sites for hydroxylation is 1. The number of benzene rings is 2. The van der Waals surface area contributed by atoms with Crippen molar-refractivity contribution in [1.82, 2.24) is 20.5 Å². The molecule has 0 bridgehead atoms. The van der Waals surface area contributed by atoms with Crippen LogP contribution < -0.4 is 25.1 Å². The molecule has 1 amide bonds. The summed E-state index contributed by atoms with van der Waals surface area (Å²) in [6.45, 7) is 0.723. The van der Waals surface area contributed by atoms with E-state index in [0.717, 1.165) is 16.9 Å². The van der Waals surface area contributed by atoms with E-state index < -0.39 is 0 Å². The number of methoxy groups -OCH3 is 1. The third-order valence-corrected chi connectivity index (χ3v) is 5.10. The van der Waals surface area contributed by atoms with Crippen molar-refractivity contribution in [3.8, 4) is 17.2 Å². The number of H-pyrrole nitrogens is 1. The van der Waals surface area contributed by atoms with Gasteiger partial charge in [0.25, 0.3) is 5.56 Å². The normalized spacial score (nSPS) is 11.9. The Hall–Kier alpha value is -3.88. The summed E-state index contributed by atoms with van der Waals surface area (Å²) in [5, 5.41) is 11.0. The minimum atomic E-state index is -0.332. The molecule has 1 aliphatic heterocycles. The Kier molecular flexibility index (Phi) is 6.64. The molecule has 0 fully saturated rings. The van der Waals surface area contributed by atoms with Crippen LogP contribution in [0.1, 0.15) is 29.1 Å². The smallest absolute Gasteiger partial charge is 0.272 e. The molecule has 0 atom stereocenters. The largest absolute Gasteiger partial charge is 0.497 e. The highest BCUT2D eigenvalue weighted by molar-refractivity contribution is 5.76. The summed E-state index contributed by atoms with van der Waals surface area (Å²) in [5.74, 6) is 2.48. The van der Waals surface area contributed by atoms with E-state index in [-0.39, 0.29) is 36.8 Å². The van der Waals surface area contributed by atoms with Gasteiger partial charge in [0, 0.05) is 25.8 Å². The molecule has 9 heteroatoms. The lowest BCUT2D eigenvalue weighted by atomic mass is 10.1. The van der Waals surface area contributed by atoms with Crippen LogP contribution in [0.15, 0.2) is 47.3 Å². The molecule has 32 heavy (non-hydrogen) atoms. The molecule has 2 N–H and O–H groups in total. The molecule has 1 aliphatic rings. The van der Waals surface area contributed by atoms with Crippen molar-refractivity contribution >= 4 is 5.91 Å². The van der Waals surface area contributed by atoms with Crippen molar-refractivity contribution in [2.24, 2.45) is 0 Å². The highest BCUT2D eigenvalue weighted by Crippen LogP contribution is 2.32. The topological polar surface area (TPSA) is 115 Å². The van der Waals surface area contributed by atoms with Gasteiger partial charge in [-0.05, 0) is 41.8 Å². The second kappa shape index (κ2) is 9.95. The van der Waals surface area contributed by atoms with Gasteiger partial charge in [0.2, 0.25) is 12.7 Å². The molecule has 0 saturated heterocycles. The lowest BCUT2D eigenvalue weighted by Gasteiger charge is -2.06. The second-order valence-electron chi connectivity index (χ2n) is 7.36. The molecular formula is C23H24N4O5. The molecule has 2 aromatic carbocycles. The summed E-state index contributed by atoms with van der Waals surface area (Å²) >= 11 is 0. The second-order valence-corrected chi connectivity index (χ2v) is 7.36. The van der Waals surface area contributed by atoms with Crippen molar-refractivity contribution in [1.29, 1.82) is 0 Å². The number of carbonyl (C=O) groups is 1. The van der Waals surface area contributed by atoms with E-state index in [1.54, 1.807) is 7.11 Å². The van der Waals surface area contributed by atoms with Crippen LogP contribution in [0.5, 0.6) is 17.2 Å². The van der Waals surface area contributed by atoms with Gasteiger partial charge in [-0.15, -0.1) is 10.2 Å². The van der Waals surface area contributed by atoms with Crippen molar-refractivity contribution in [3.05, 3.63) is 75.5 Å². The molecule has 2 heterocycles. The lowest BCUT2D eigenvalue weighted by Crippen LogP contribution is -2.27. The number of aromatic amines is 1. The maximum absolute atomic E-state index is 12.3. The number of fused-ring (bicyclic) bond motifs is 1. The van der Waals surface area contributed by atoms with Gasteiger partial charge in [0.1, 0.15) is 17.3 Å². The Morgan fingerprint density at radius 1 is 1.06 bits per heavy atom. The summed E-state index contributed by atoms with van der Waals surface area (Å²) in [5.41, 5.74) is 1.93. The summed E-state index contributed by atoms with van der Waals surface area (Å²) in [7, 11) is 1.62. The number of hydrogen-bond donors (Lipinski definition) is 2. The van der Waals surface area contributed by atoms with Crippen LogP contribution in [-0.4, -0.2) is 41.5 Å². The number of amides is 1. The van der Waals surface area contributed by atoms with Gasteiger partial charge in [0.05, 0.1) is 7.11 Å². The van der Waals surface area contributed by atoms with Crippen LogP contribution in [0.4, 0.5) is 0 Å². The SMILES string of the molecule is COc1ccc(CCNC(=O)CCc2nnc(Cc3ccc4c(c3)OCO4)[nH]c2=O)cc1. The first kappa shape index (κ1) is 21.4. The molecule has 0 aliphatic carbocycles. The van der Waals surface area contributed by atoms with Crippen LogP contribution in [-0.2, 0) is 24.1 Å². The molecule has 9 nitrogen and oxygen atoms in total. The average Bonchev–Trinajstić information content (AvgIpc) is 3.27. The van der Waals surface area contributed by atoms with Crippen molar-refractivity contribution in [2.45, 2.75) is 25.7 Å².